The van der Waals surface area contributed by atoms with E-state index in [0.29, 0.717) is 5.92 Å². The normalized spacial score (nSPS) is 24.8. The maximum atomic E-state index is 11.8. The summed E-state index contributed by atoms with van der Waals surface area (Å²) in [6, 6.07) is 18.6. The predicted molar refractivity (Wildman–Crippen MR) is 118 cm³/mol. The minimum Gasteiger partial charge on any atom is -0.490 e. The van der Waals surface area contributed by atoms with Gasteiger partial charge in [-0.2, -0.15) is 0 Å². The van der Waals surface area contributed by atoms with Crippen molar-refractivity contribution < 1.29 is 9.84 Å². The summed E-state index contributed by atoms with van der Waals surface area (Å²) < 4.78 is 6.23. The Morgan fingerprint density at radius 1 is 1.11 bits per heavy atom. The van der Waals surface area contributed by atoms with E-state index >= 15 is 0 Å². The van der Waals surface area contributed by atoms with E-state index < -0.39 is 5.60 Å². The van der Waals surface area contributed by atoms with Crippen LogP contribution in [0.25, 0.3) is 0 Å². The average molecular weight is 404 g/mol. The van der Waals surface area contributed by atoms with Gasteiger partial charge in [0.15, 0.2) is 0 Å². The molecule has 3 unspecified atom stereocenters. The van der Waals surface area contributed by atoms with Gasteiger partial charge in [0.25, 0.3) is 0 Å². The van der Waals surface area contributed by atoms with Crippen LogP contribution in [0.4, 0.5) is 0 Å². The zero-order valence-corrected chi connectivity index (χ0v) is 18.3. The number of halogens is 1. The zero-order valence-electron chi connectivity index (χ0n) is 17.5. The van der Waals surface area contributed by atoms with Crippen LogP contribution in [0.15, 0.2) is 54.6 Å². The average Bonchev–Trinajstić information content (AvgIpc) is 2.65. The molecular weight excluding hydrogens is 370 g/mol. The first-order valence-electron chi connectivity index (χ1n) is 10.1. The lowest BCUT2D eigenvalue weighted by Gasteiger charge is -2.44. The topological polar surface area (TPSA) is 32.7 Å². The molecule has 0 aliphatic heterocycles. The quantitative estimate of drug-likeness (QED) is 0.716. The molecule has 0 bridgehead atoms. The monoisotopic (exact) mass is 403 g/mol. The molecule has 3 rings (SSSR count). The smallest absolute Gasteiger partial charge is 0.119 e. The predicted octanol–water partition coefficient (Wildman–Crippen LogP) is 5.23. The minimum absolute atomic E-state index is 0. The number of nitrogens with zero attached hydrogens (tertiary/aromatic N) is 1. The highest BCUT2D eigenvalue weighted by Crippen LogP contribution is 2.43. The van der Waals surface area contributed by atoms with E-state index in [2.05, 4.69) is 57.1 Å². The lowest BCUT2D eigenvalue weighted by atomic mass is 9.70. The molecule has 0 amide bonds. The van der Waals surface area contributed by atoms with Crippen LogP contribution < -0.4 is 4.74 Å². The molecule has 0 radical (unpaired) electrons. The van der Waals surface area contributed by atoms with Gasteiger partial charge in [-0.05, 0) is 62.5 Å². The van der Waals surface area contributed by atoms with Crippen molar-refractivity contribution in [2.75, 3.05) is 20.6 Å². The SMILES string of the molecule is CC(C)c1cccc(C2(O)CCC(Oc3ccccc3)CC2CN(C)C)c1.Cl. The molecule has 1 fully saturated rings. The minimum atomic E-state index is -0.800. The Morgan fingerprint density at radius 3 is 2.46 bits per heavy atom. The fraction of sp³-hybridized carbons (Fsp3) is 0.500. The van der Waals surface area contributed by atoms with Gasteiger partial charge in [0.05, 0.1) is 11.7 Å². The lowest BCUT2D eigenvalue weighted by Crippen LogP contribution is -2.47. The molecule has 0 saturated heterocycles. The first-order valence-corrected chi connectivity index (χ1v) is 10.1. The number of hydrogen-bond donors (Lipinski definition) is 1. The molecule has 1 saturated carbocycles. The molecule has 28 heavy (non-hydrogen) atoms. The summed E-state index contributed by atoms with van der Waals surface area (Å²) in [7, 11) is 4.15. The third-order valence-electron chi connectivity index (χ3n) is 5.75. The van der Waals surface area contributed by atoms with Gasteiger partial charge in [-0.1, -0.05) is 56.3 Å². The van der Waals surface area contributed by atoms with Crippen LogP contribution in [0.1, 0.15) is 50.2 Å². The van der Waals surface area contributed by atoms with Crippen molar-refractivity contribution in [3.05, 3.63) is 65.7 Å². The highest BCUT2D eigenvalue weighted by Gasteiger charge is 2.44. The Labute approximate surface area is 176 Å². The lowest BCUT2D eigenvalue weighted by molar-refractivity contribution is -0.0874. The van der Waals surface area contributed by atoms with Crippen molar-refractivity contribution >= 4 is 12.4 Å². The highest BCUT2D eigenvalue weighted by molar-refractivity contribution is 5.85. The second-order valence-corrected chi connectivity index (χ2v) is 8.49. The van der Waals surface area contributed by atoms with Gasteiger partial charge < -0.3 is 14.7 Å². The van der Waals surface area contributed by atoms with Crippen LogP contribution in [0, 0.1) is 5.92 Å². The van der Waals surface area contributed by atoms with Crippen LogP contribution in [-0.4, -0.2) is 36.8 Å². The van der Waals surface area contributed by atoms with Crippen LogP contribution in [0.2, 0.25) is 0 Å². The molecule has 3 atom stereocenters. The summed E-state index contributed by atoms with van der Waals surface area (Å²) in [6.07, 6.45) is 2.59. The van der Waals surface area contributed by atoms with Gasteiger partial charge in [-0.15, -0.1) is 12.4 Å². The maximum absolute atomic E-state index is 11.8. The number of ether oxygens (including phenoxy) is 1. The van der Waals surface area contributed by atoms with Crippen molar-refractivity contribution in [2.45, 2.75) is 50.7 Å². The number of benzene rings is 2. The van der Waals surface area contributed by atoms with E-state index in [1.165, 1.54) is 5.56 Å². The Bertz CT molecular complexity index is 734. The van der Waals surface area contributed by atoms with Crippen LogP contribution >= 0.6 is 12.4 Å². The molecular formula is C24H34ClNO2. The van der Waals surface area contributed by atoms with E-state index in [4.69, 9.17) is 4.74 Å². The van der Waals surface area contributed by atoms with Crippen LogP contribution in [0.5, 0.6) is 5.75 Å². The standard InChI is InChI=1S/C24H33NO2.ClH/c1-18(2)19-9-8-10-20(15-19)24(26)14-13-23(16-21(24)17-25(3)4)27-22-11-6-5-7-12-22;/h5-12,15,18,21,23,26H,13-14,16-17H2,1-4H3;1H. The molecule has 4 heteroatoms. The van der Waals surface area contributed by atoms with E-state index in [1.807, 2.05) is 30.3 Å². The van der Waals surface area contributed by atoms with Gasteiger partial charge in [0.1, 0.15) is 5.75 Å². The number of hydrogen-bond acceptors (Lipinski definition) is 3. The van der Waals surface area contributed by atoms with Crippen LogP contribution in [0.3, 0.4) is 0 Å². The fourth-order valence-corrected chi connectivity index (χ4v) is 4.23. The zero-order chi connectivity index (χ0) is 19.4. The summed E-state index contributed by atoms with van der Waals surface area (Å²) in [4.78, 5) is 2.17. The summed E-state index contributed by atoms with van der Waals surface area (Å²) in [5.41, 5.74) is 1.54. The van der Waals surface area contributed by atoms with Crippen LogP contribution in [-0.2, 0) is 5.60 Å². The number of rotatable bonds is 6. The van der Waals surface area contributed by atoms with Gasteiger partial charge in [-0.3, -0.25) is 0 Å². The summed E-state index contributed by atoms with van der Waals surface area (Å²) in [5, 5.41) is 11.8. The summed E-state index contributed by atoms with van der Waals surface area (Å²) in [6.45, 7) is 5.24. The Morgan fingerprint density at radius 2 is 1.82 bits per heavy atom. The maximum Gasteiger partial charge on any atom is 0.119 e. The number of para-hydroxylation sites is 1. The second-order valence-electron chi connectivity index (χ2n) is 8.49. The van der Waals surface area contributed by atoms with E-state index in [0.717, 1.165) is 37.1 Å². The number of aliphatic hydroxyl groups is 1. The van der Waals surface area contributed by atoms with Gasteiger partial charge >= 0.3 is 0 Å². The molecule has 1 aliphatic rings. The van der Waals surface area contributed by atoms with Crippen molar-refractivity contribution in [3.8, 4) is 5.75 Å². The summed E-state index contributed by atoms with van der Waals surface area (Å²) in [5.74, 6) is 1.51. The molecule has 2 aromatic rings. The Balaban J connectivity index is 0.00000280. The third-order valence-corrected chi connectivity index (χ3v) is 5.75. The molecule has 154 valence electrons. The molecule has 0 heterocycles. The third kappa shape index (κ3) is 5.28. The van der Waals surface area contributed by atoms with Gasteiger partial charge in [0.2, 0.25) is 0 Å². The largest absolute Gasteiger partial charge is 0.490 e. The van der Waals surface area contributed by atoms with E-state index in [-0.39, 0.29) is 24.4 Å². The molecule has 1 N–H and O–H groups in total. The molecule has 1 aliphatic carbocycles. The van der Waals surface area contributed by atoms with Crippen molar-refractivity contribution in [1.29, 1.82) is 0 Å². The second kappa shape index (κ2) is 9.78. The van der Waals surface area contributed by atoms with Crippen molar-refractivity contribution in [1.82, 2.24) is 4.90 Å². The van der Waals surface area contributed by atoms with E-state index in [1.54, 1.807) is 0 Å². The molecule has 2 aromatic carbocycles. The summed E-state index contributed by atoms with van der Waals surface area (Å²) >= 11 is 0. The molecule has 0 aromatic heterocycles. The van der Waals surface area contributed by atoms with Gasteiger partial charge in [-0.25, -0.2) is 0 Å². The highest BCUT2D eigenvalue weighted by atomic mass is 35.5. The Kier molecular flexibility index (Phi) is 7.94. The van der Waals surface area contributed by atoms with Crippen molar-refractivity contribution in [2.24, 2.45) is 5.92 Å². The van der Waals surface area contributed by atoms with E-state index in [9.17, 15) is 5.11 Å². The first-order chi connectivity index (χ1) is 12.9. The first kappa shape index (κ1) is 22.7. The van der Waals surface area contributed by atoms with Gasteiger partial charge in [0, 0.05) is 12.5 Å². The Hall–Kier alpha value is -1.55. The fourth-order valence-electron chi connectivity index (χ4n) is 4.23. The van der Waals surface area contributed by atoms with Crippen molar-refractivity contribution in [3.63, 3.8) is 0 Å². The molecule has 0 spiro atoms. The molecule has 3 nitrogen and oxygen atoms in total.